The normalized spacial score (nSPS) is 13.8. The number of rotatable bonds is 7. The molecule has 6 nitrogen and oxygen atoms in total. The number of hydrogen-bond acceptors (Lipinski definition) is 6. The quantitative estimate of drug-likeness (QED) is 0.708. The molecule has 0 unspecified atom stereocenters. The molecule has 1 heterocycles. The average molecular weight is 400 g/mol. The number of amides is 1. The van der Waals surface area contributed by atoms with E-state index in [1.807, 2.05) is 4.90 Å². The molecule has 1 amide bonds. The van der Waals surface area contributed by atoms with E-state index in [1.54, 1.807) is 11.6 Å². The Morgan fingerprint density at radius 1 is 1.50 bits per heavy atom. The largest absolute Gasteiger partial charge is 0.450 e. The summed E-state index contributed by atoms with van der Waals surface area (Å²) in [5.74, 6) is -1.16. The van der Waals surface area contributed by atoms with Crippen LogP contribution in [-0.4, -0.2) is 33.4 Å². The molecule has 1 aromatic carbocycles. The molecule has 0 bridgehead atoms. The topological polar surface area (TPSA) is 59.4 Å². The van der Waals surface area contributed by atoms with Crippen molar-refractivity contribution in [3.8, 4) is 0 Å². The fourth-order valence-corrected chi connectivity index (χ4v) is 3.45. The van der Waals surface area contributed by atoms with Crippen molar-refractivity contribution in [1.29, 1.82) is 0 Å². The molecule has 10 heteroatoms. The first kappa shape index (κ1) is 18.9. The summed E-state index contributed by atoms with van der Waals surface area (Å²) < 4.78 is 33.9. The predicted octanol–water partition coefficient (Wildman–Crippen LogP) is 4.14. The Bertz CT molecular complexity index is 851. The lowest BCUT2D eigenvalue weighted by atomic mass is 10.2. The maximum Gasteiger partial charge on any atom is 0.413 e. The summed E-state index contributed by atoms with van der Waals surface area (Å²) in [4.78, 5) is 13.5. The van der Waals surface area contributed by atoms with Crippen LogP contribution in [0.2, 0.25) is 0 Å². The van der Waals surface area contributed by atoms with Crippen molar-refractivity contribution in [3.05, 3.63) is 39.4 Å². The maximum atomic E-state index is 14.0. The molecule has 0 saturated heterocycles. The lowest BCUT2D eigenvalue weighted by Crippen LogP contribution is -2.29. The minimum atomic E-state index is -0.597. The Hall–Kier alpha value is -1.91. The molecular formula is C16H18F2N4O2S2. The van der Waals surface area contributed by atoms with E-state index in [0.717, 1.165) is 30.2 Å². The molecule has 3 rings (SSSR count). The van der Waals surface area contributed by atoms with Crippen LogP contribution in [0.3, 0.4) is 0 Å². The second-order valence-electron chi connectivity index (χ2n) is 5.87. The van der Waals surface area contributed by atoms with Crippen molar-refractivity contribution in [2.24, 2.45) is 0 Å². The highest BCUT2D eigenvalue weighted by molar-refractivity contribution is 7.73. The molecule has 0 aliphatic heterocycles. The molecule has 2 aromatic rings. The zero-order valence-corrected chi connectivity index (χ0v) is 15.7. The number of nitrogens with zero attached hydrogens (tertiary/aromatic N) is 3. The maximum absolute atomic E-state index is 14.0. The summed E-state index contributed by atoms with van der Waals surface area (Å²) >= 11 is 6.46. The van der Waals surface area contributed by atoms with Crippen LogP contribution in [0.15, 0.2) is 18.2 Å². The Labute approximate surface area is 158 Å². The van der Waals surface area contributed by atoms with E-state index < -0.39 is 17.7 Å². The Morgan fingerprint density at radius 2 is 2.27 bits per heavy atom. The molecule has 1 N–H and O–H groups in total. The third-order valence-electron chi connectivity index (χ3n) is 3.86. The number of ether oxygens (including phenoxy) is 1. The van der Waals surface area contributed by atoms with Crippen LogP contribution in [0, 0.1) is 15.6 Å². The summed E-state index contributed by atoms with van der Waals surface area (Å²) in [5.41, 5.74) is 0.421. The highest BCUT2D eigenvalue weighted by atomic mass is 32.1. The highest BCUT2D eigenvalue weighted by Gasteiger charge is 2.30. The van der Waals surface area contributed by atoms with Gasteiger partial charge in [-0.2, -0.15) is 0 Å². The number of carbonyl (C=O) groups excluding carboxylic acids is 1. The van der Waals surface area contributed by atoms with E-state index in [9.17, 15) is 13.6 Å². The molecule has 0 spiro atoms. The van der Waals surface area contributed by atoms with Crippen LogP contribution in [0.1, 0.15) is 25.3 Å². The number of nitrogens with one attached hydrogen (secondary N) is 1. The summed E-state index contributed by atoms with van der Waals surface area (Å²) in [7, 11) is 0. The van der Waals surface area contributed by atoms with Crippen molar-refractivity contribution in [2.75, 3.05) is 11.9 Å². The third-order valence-corrected chi connectivity index (χ3v) is 5.08. The van der Waals surface area contributed by atoms with Gasteiger partial charge in [-0.25, -0.2) is 18.3 Å². The molecule has 1 aliphatic rings. The van der Waals surface area contributed by atoms with Gasteiger partial charge in [0.25, 0.3) is 0 Å². The predicted molar refractivity (Wildman–Crippen MR) is 96.5 cm³/mol. The lowest BCUT2D eigenvalue weighted by Gasteiger charge is -2.22. The molecule has 140 valence electrons. The van der Waals surface area contributed by atoms with Crippen molar-refractivity contribution in [2.45, 2.75) is 39.0 Å². The molecule has 0 atom stereocenters. The smallest absolute Gasteiger partial charge is 0.413 e. The molecular weight excluding hydrogens is 382 g/mol. The van der Waals surface area contributed by atoms with E-state index >= 15 is 0 Å². The van der Waals surface area contributed by atoms with Gasteiger partial charge in [0, 0.05) is 24.2 Å². The van der Waals surface area contributed by atoms with Gasteiger partial charge in [0.15, 0.2) is 3.95 Å². The van der Waals surface area contributed by atoms with E-state index in [2.05, 4.69) is 10.4 Å². The zero-order chi connectivity index (χ0) is 18.7. The van der Waals surface area contributed by atoms with Gasteiger partial charge in [-0.3, -0.25) is 10.2 Å². The van der Waals surface area contributed by atoms with Crippen molar-refractivity contribution < 1.29 is 18.3 Å². The second-order valence-corrected chi connectivity index (χ2v) is 7.50. The van der Waals surface area contributed by atoms with Crippen LogP contribution in [-0.2, 0) is 18.0 Å². The minimum Gasteiger partial charge on any atom is -0.450 e. The number of benzene rings is 1. The first-order valence-electron chi connectivity index (χ1n) is 8.16. The van der Waals surface area contributed by atoms with Gasteiger partial charge in [0.05, 0.1) is 13.3 Å². The molecule has 1 saturated carbocycles. The van der Waals surface area contributed by atoms with Gasteiger partial charge in [0.1, 0.15) is 11.6 Å². The lowest BCUT2D eigenvalue weighted by molar-refractivity contribution is 0.167. The van der Waals surface area contributed by atoms with Crippen molar-refractivity contribution >= 4 is 34.8 Å². The van der Waals surface area contributed by atoms with Gasteiger partial charge < -0.3 is 4.74 Å². The van der Waals surface area contributed by atoms with E-state index in [0.29, 0.717) is 33.9 Å². The van der Waals surface area contributed by atoms with Gasteiger partial charge in [-0.1, -0.05) is 17.4 Å². The standard InChI is InChI=1S/C16H18F2N4O2S2/c1-2-24-15(23)19-14-20-22(16(25)26-14)9-21(12-5-6-12)8-10-3-4-11(17)7-13(10)18/h3-4,7,12H,2,5-6,8-9H2,1H3,(H,19,20,23). The summed E-state index contributed by atoms with van der Waals surface area (Å²) in [6.45, 7) is 2.66. The highest BCUT2D eigenvalue weighted by Crippen LogP contribution is 2.30. The van der Waals surface area contributed by atoms with Crippen molar-refractivity contribution in [1.82, 2.24) is 14.7 Å². The Balaban J connectivity index is 1.71. The summed E-state index contributed by atoms with van der Waals surface area (Å²) in [5, 5.41) is 7.15. The monoisotopic (exact) mass is 400 g/mol. The Kier molecular flexibility index (Phi) is 5.94. The first-order chi connectivity index (χ1) is 12.5. The second kappa shape index (κ2) is 8.19. The SMILES string of the molecule is CCOC(=O)Nc1nn(CN(Cc2ccc(F)cc2F)C2CC2)c(=S)s1. The van der Waals surface area contributed by atoms with Gasteiger partial charge >= 0.3 is 6.09 Å². The fourth-order valence-electron chi connectivity index (χ4n) is 2.48. The number of carbonyl (C=O) groups is 1. The number of halogens is 2. The number of anilines is 1. The van der Waals surface area contributed by atoms with Crippen molar-refractivity contribution in [3.63, 3.8) is 0 Å². The Morgan fingerprint density at radius 3 is 2.92 bits per heavy atom. The van der Waals surface area contributed by atoms with Gasteiger partial charge in [0.2, 0.25) is 5.13 Å². The van der Waals surface area contributed by atoms with Crippen LogP contribution in [0.4, 0.5) is 18.7 Å². The molecule has 26 heavy (non-hydrogen) atoms. The van der Waals surface area contributed by atoms with E-state index in [4.69, 9.17) is 17.0 Å². The van der Waals surface area contributed by atoms with Crippen LogP contribution < -0.4 is 5.32 Å². The molecule has 0 radical (unpaired) electrons. The third kappa shape index (κ3) is 4.83. The van der Waals surface area contributed by atoms with Gasteiger partial charge in [-0.15, -0.1) is 5.10 Å². The van der Waals surface area contributed by atoms with E-state index in [1.165, 1.54) is 12.1 Å². The minimum absolute atomic E-state index is 0.261. The summed E-state index contributed by atoms with van der Waals surface area (Å²) in [6, 6.07) is 3.90. The zero-order valence-electron chi connectivity index (χ0n) is 14.1. The summed E-state index contributed by atoms with van der Waals surface area (Å²) in [6.07, 6.45) is 1.43. The van der Waals surface area contributed by atoms with Gasteiger partial charge in [-0.05, 0) is 38.0 Å². The molecule has 1 fully saturated rings. The number of hydrogen-bond donors (Lipinski definition) is 1. The molecule has 1 aromatic heterocycles. The molecule has 1 aliphatic carbocycles. The average Bonchev–Trinajstić information content (AvgIpc) is 3.35. The fraction of sp³-hybridized carbons (Fsp3) is 0.438. The van der Waals surface area contributed by atoms with Crippen LogP contribution in [0.5, 0.6) is 0 Å². The van der Waals surface area contributed by atoms with Crippen LogP contribution in [0.25, 0.3) is 0 Å². The number of aromatic nitrogens is 2. The van der Waals surface area contributed by atoms with Crippen LogP contribution >= 0.6 is 23.6 Å². The van der Waals surface area contributed by atoms with E-state index in [-0.39, 0.29) is 6.61 Å². The first-order valence-corrected chi connectivity index (χ1v) is 9.38.